The largest absolute Gasteiger partial charge is 0.457 e. The van der Waals surface area contributed by atoms with Crippen molar-refractivity contribution in [1.82, 2.24) is 10.2 Å². The smallest absolute Gasteiger partial charge is 0.257 e. The number of hydrogen-bond donors (Lipinski definition) is 3. The molecule has 9 heteroatoms. The number of nitrogens with one attached hydrogen (secondary N) is 1. The molecule has 8 nitrogen and oxygen atoms in total. The summed E-state index contributed by atoms with van der Waals surface area (Å²) in [5, 5.41) is 30.6. The molecule has 2 aromatic carbocycles. The van der Waals surface area contributed by atoms with E-state index in [0.29, 0.717) is 33.6 Å². The normalized spacial score (nSPS) is 21.1. The van der Waals surface area contributed by atoms with Crippen LogP contribution in [0.1, 0.15) is 27.9 Å². The summed E-state index contributed by atoms with van der Waals surface area (Å²) in [6, 6.07) is 16.1. The molecule has 3 N–H and O–H groups in total. The van der Waals surface area contributed by atoms with E-state index in [1.807, 2.05) is 30.3 Å². The van der Waals surface area contributed by atoms with Crippen LogP contribution in [0.15, 0.2) is 54.6 Å². The Morgan fingerprint density at radius 3 is 2.55 bits per heavy atom. The molecule has 29 heavy (non-hydrogen) atoms. The van der Waals surface area contributed by atoms with Gasteiger partial charge in [0.1, 0.15) is 28.7 Å². The van der Waals surface area contributed by atoms with Crippen molar-refractivity contribution in [3.05, 3.63) is 65.2 Å². The second-order valence-corrected chi connectivity index (χ2v) is 7.50. The number of benzene rings is 2. The molecule has 0 unspecified atom stereocenters. The minimum absolute atomic E-state index is 0.260. The van der Waals surface area contributed by atoms with E-state index >= 15 is 0 Å². The monoisotopic (exact) mass is 413 g/mol. The van der Waals surface area contributed by atoms with E-state index in [2.05, 4.69) is 15.5 Å². The molecule has 1 fully saturated rings. The van der Waals surface area contributed by atoms with Crippen LogP contribution in [0.5, 0.6) is 11.5 Å². The van der Waals surface area contributed by atoms with Gasteiger partial charge in [-0.1, -0.05) is 29.5 Å². The van der Waals surface area contributed by atoms with Gasteiger partial charge < -0.3 is 19.7 Å². The van der Waals surface area contributed by atoms with Gasteiger partial charge in [-0.2, -0.15) is 0 Å². The van der Waals surface area contributed by atoms with E-state index in [0.717, 1.165) is 0 Å². The van der Waals surface area contributed by atoms with E-state index in [4.69, 9.17) is 14.6 Å². The Morgan fingerprint density at radius 1 is 1.14 bits per heavy atom. The van der Waals surface area contributed by atoms with Crippen molar-refractivity contribution in [2.45, 2.75) is 24.7 Å². The van der Waals surface area contributed by atoms with Crippen LogP contribution < -0.4 is 10.1 Å². The number of rotatable bonds is 6. The highest BCUT2D eigenvalue weighted by molar-refractivity contribution is 7.15. The Morgan fingerprint density at radius 2 is 1.86 bits per heavy atom. The van der Waals surface area contributed by atoms with Crippen LogP contribution >= 0.6 is 11.3 Å². The quantitative estimate of drug-likeness (QED) is 0.569. The van der Waals surface area contributed by atoms with Crippen LogP contribution in [0.2, 0.25) is 0 Å². The van der Waals surface area contributed by atoms with Crippen LogP contribution in [-0.4, -0.2) is 45.1 Å². The van der Waals surface area contributed by atoms with Crippen LogP contribution in [0.3, 0.4) is 0 Å². The molecular formula is C20H19N3O5S. The molecule has 0 spiro atoms. The summed E-state index contributed by atoms with van der Waals surface area (Å²) in [5.74, 6) is 1.02. The summed E-state index contributed by atoms with van der Waals surface area (Å²) in [7, 11) is 0. The van der Waals surface area contributed by atoms with Crippen molar-refractivity contribution in [3.63, 3.8) is 0 Å². The number of hydrogen-bond acceptors (Lipinski definition) is 8. The third-order valence-corrected chi connectivity index (χ3v) is 5.37. The minimum atomic E-state index is -0.747. The van der Waals surface area contributed by atoms with Gasteiger partial charge in [0.25, 0.3) is 5.91 Å². The molecule has 0 radical (unpaired) electrons. The van der Waals surface area contributed by atoms with Gasteiger partial charge in [-0.15, -0.1) is 10.2 Å². The molecule has 3 aromatic rings. The number of aliphatic hydroxyl groups excluding tert-OH is 2. The van der Waals surface area contributed by atoms with Gasteiger partial charge >= 0.3 is 0 Å². The van der Waals surface area contributed by atoms with Crippen LogP contribution in [-0.2, 0) is 4.74 Å². The average molecular weight is 413 g/mol. The summed E-state index contributed by atoms with van der Waals surface area (Å²) in [6.07, 6.45) is -1.49. The van der Waals surface area contributed by atoms with Crippen molar-refractivity contribution in [2.24, 2.45) is 0 Å². The fourth-order valence-corrected chi connectivity index (χ4v) is 3.72. The lowest BCUT2D eigenvalue weighted by molar-refractivity contribution is -0.0227. The van der Waals surface area contributed by atoms with Crippen LogP contribution in [0.25, 0.3) is 0 Å². The van der Waals surface area contributed by atoms with E-state index in [1.165, 1.54) is 11.3 Å². The number of nitrogens with zero attached hydrogens (tertiary/aromatic N) is 2. The maximum atomic E-state index is 12.4. The first-order valence-corrected chi connectivity index (χ1v) is 9.86. The fourth-order valence-electron chi connectivity index (χ4n) is 2.94. The Hall–Kier alpha value is -2.85. The molecule has 1 aliphatic rings. The highest BCUT2D eigenvalue weighted by atomic mass is 32.1. The predicted octanol–water partition coefficient (Wildman–Crippen LogP) is 2.77. The molecule has 0 saturated carbocycles. The lowest BCUT2D eigenvalue weighted by Crippen LogP contribution is -2.24. The first kappa shape index (κ1) is 19.5. The number of anilines is 1. The van der Waals surface area contributed by atoms with Crippen LogP contribution in [0, 0.1) is 0 Å². The van der Waals surface area contributed by atoms with Crippen LogP contribution in [0.4, 0.5) is 5.13 Å². The molecule has 0 aliphatic carbocycles. The standard InChI is InChI=1S/C20H19N3O5S/c24-11-17-15(25)10-16(28-17)19-22-23-20(29-19)21-18(26)12-6-8-14(9-7-12)27-13-4-2-1-3-5-13/h1-9,15-17,24-25H,10-11H2,(H,21,23,26)/t15-,16+,17+/m0/s1. The highest BCUT2D eigenvalue weighted by Gasteiger charge is 2.36. The lowest BCUT2D eigenvalue weighted by Gasteiger charge is -2.09. The molecule has 1 amide bonds. The first-order valence-electron chi connectivity index (χ1n) is 9.04. The van der Waals surface area contributed by atoms with Gasteiger partial charge in [0, 0.05) is 12.0 Å². The summed E-state index contributed by atoms with van der Waals surface area (Å²) in [6.45, 7) is -0.260. The van der Waals surface area contributed by atoms with Crippen molar-refractivity contribution in [1.29, 1.82) is 0 Å². The molecule has 4 rings (SSSR count). The molecule has 1 aliphatic heterocycles. The molecular weight excluding hydrogens is 394 g/mol. The lowest BCUT2D eigenvalue weighted by atomic mass is 10.1. The molecule has 3 atom stereocenters. The van der Waals surface area contributed by atoms with E-state index in [-0.39, 0.29) is 12.5 Å². The minimum Gasteiger partial charge on any atom is -0.457 e. The van der Waals surface area contributed by atoms with Gasteiger partial charge in [-0.05, 0) is 36.4 Å². The third kappa shape index (κ3) is 4.60. The van der Waals surface area contributed by atoms with Crippen molar-refractivity contribution in [2.75, 3.05) is 11.9 Å². The first-order chi connectivity index (χ1) is 14.1. The highest BCUT2D eigenvalue weighted by Crippen LogP contribution is 2.35. The van der Waals surface area contributed by atoms with Crippen molar-refractivity contribution in [3.8, 4) is 11.5 Å². The Kier molecular flexibility index (Phi) is 5.81. The van der Waals surface area contributed by atoms with E-state index < -0.39 is 18.3 Å². The Balaban J connectivity index is 1.37. The zero-order chi connectivity index (χ0) is 20.2. The fraction of sp³-hybridized carbons (Fsp3) is 0.250. The number of para-hydroxylation sites is 1. The van der Waals surface area contributed by atoms with E-state index in [9.17, 15) is 9.90 Å². The summed E-state index contributed by atoms with van der Waals surface area (Å²) >= 11 is 1.18. The summed E-state index contributed by atoms with van der Waals surface area (Å²) in [4.78, 5) is 12.4. The maximum Gasteiger partial charge on any atom is 0.257 e. The Labute approximate surface area is 170 Å². The zero-order valence-corrected chi connectivity index (χ0v) is 16.1. The topological polar surface area (TPSA) is 114 Å². The van der Waals surface area contributed by atoms with E-state index in [1.54, 1.807) is 24.3 Å². The maximum absolute atomic E-state index is 12.4. The van der Waals surface area contributed by atoms with Gasteiger partial charge in [-0.25, -0.2) is 0 Å². The van der Waals surface area contributed by atoms with Crippen molar-refractivity contribution >= 4 is 22.4 Å². The number of amides is 1. The zero-order valence-electron chi connectivity index (χ0n) is 15.3. The average Bonchev–Trinajstić information content (AvgIpc) is 3.35. The molecule has 1 saturated heterocycles. The molecule has 0 bridgehead atoms. The second-order valence-electron chi connectivity index (χ2n) is 6.49. The molecule has 150 valence electrons. The van der Waals surface area contributed by atoms with Gasteiger partial charge in [0.2, 0.25) is 5.13 Å². The van der Waals surface area contributed by atoms with Gasteiger partial charge in [-0.3, -0.25) is 10.1 Å². The van der Waals surface area contributed by atoms with Crippen molar-refractivity contribution < 1.29 is 24.5 Å². The van der Waals surface area contributed by atoms with Gasteiger partial charge in [0.05, 0.1) is 12.7 Å². The molecule has 1 aromatic heterocycles. The SMILES string of the molecule is O=C(Nc1nnc([C@H]2C[C@H](O)[C@@H](CO)O2)s1)c1ccc(Oc2ccccc2)cc1. The molecule has 2 heterocycles. The van der Waals surface area contributed by atoms with Gasteiger partial charge in [0.15, 0.2) is 0 Å². The number of carbonyl (C=O) groups is 1. The predicted molar refractivity (Wildman–Crippen MR) is 106 cm³/mol. The number of aromatic nitrogens is 2. The Bertz CT molecular complexity index is 964. The third-order valence-electron chi connectivity index (χ3n) is 4.44. The summed E-state index contributed by atoms with van der Waals surface area (Å²) < 4.78 is 11.3. The number of aliphatic hydroxyl groups is 2. The number of carbonyl (C=O) groups excluding carboxylic acids is 1. The number of ether oxygens (including phenoxy) is 2. The second kappa shape index (κ2) is 8.66. The summed E-state index contributed by atoms with van der Waals surface area (Å²) in [5.41, 5.74) is 0.454.